The molecule has 1 aliphatic rings. The van der Waals surface area contributed by atoms with Gasteiger partial charge < -0.3 is 5.32 Å². The van der Waals surface area contributed by atoms with Crippen molar-refractivity contribution >= 4 is 0 Å². The molecule has 1 N–H and O–H groups in total. The highest BCUT2D eigenvalue weighted by molar-refractivity contribution is 5.22. The normalized spacial score (nSPS) is 17.2. The molecule has 2 rings (SSSR count). The van der Waals surface area contributed by atoms with Crippen LogP contribution >= 0.6 is 0 Å². The van der Waals surface area contributed by atoms with Gasteiger partial charge in [-0.25, -0.2) is 8.78 Å². The zero-order chi connectivity index (χ0) is 16.7. The minimum atomic E-state index is -0.811. The Morgan fingerprint density at radius 3 is 2.35 bits per heavy atom. The fourth-order valence-electron chi connectivity index (χ4n) is 2.95. The number of hydrogen-bond donors (Lipinski definition) is 1. The van der Waals surface area contributed by atoms with Crippen LogP contribution in [0, 0.1) is 11.6 Å². The van der Waals surface area contributed by atoms with E-state index in [2.05, 4.69) is 28.3 Å². The Morgan fingerprint density at radius 2 is 1.78 bits per heavy atom. The van der Waals surface area contributed by atoms with Crippen molar-refractivity contribution in [3.8, 4) is 0 Å². The van der Waals surface area contributed by atoms with Gasteiger partial charge in [0.1, 0.15) is 0 Å². The standard InChI is InChI=1S/C18H25F2N3/c1-3-9-23(10-4-2)18(14-22-11-7-21-8-12-22)15-5-6-16(19)17(20)13-15/h3-6,13,18,21H,1-2,7-12,14H2. The largest absolute Gasteiger partial charge is 0.314 e. The van der Waals surface area contributed by atoms with E-state index >= 15 is 0 Å². The summed E-state index contributed by atoms with van der Waals surface area (Å²) in [5, 5.41) is 3.33. The molecule has 1 heterocycles. The van der Waals surface area contributed by atoms with Crippen LogP contribution in [-0.2, 0) is 0 Å². The second-order valence-corrected chi connectivity index (χ2v) is 5.77. The van der Waals surface area contributed by atoms with Crippen molar-refractivity contribution in [2.75, 3.05) is 45.8 Å². The lowest BCUT2D eigenvalue weighted by Crippen LogP contribution is -2.47. The summed E-state index contributed by atoms with van der Waals surface area (Å²) in [5.41, 5.74) is 0.783. The predicted molar refractivity (Wildman–Crippen MR) is 90.4 cm³/mol. The summed E-state index contributed by atoms with van der Waals surface area (Å²) >= 11 is 0. The van der Waals surface area contributed by atoms with Gasteiger partial charge in [-0.1, -0.05) is 18.2 Å². The van der Waals surface area contributed by atoms with E-state index in [1.54, 1.807) is 6.07 Å². The van der Waals surface area contributed by atoms with Gasteiger partial charge in [-0.2, -0.15) is 0 Å². The fourth-order valence-corrected chi connectivity index (χ4v) is 2.95. The molecule has 1 aliphatic heterocycles. The molecule has 1 fully saturated rings. The number of nitrogens with zero attached hydrogens (tertiary/aromatic N) is 2. The first-order chi connectivity index (χ1) is 11.2. The molecule has 1 atom stereocenters. The summed E-state index contributed by atoms with van der Waals surface area (Å²) < 4.78 is 27.0. The van der Waals surface area contributed by atoms with Gasteiger partial charge in [0, 0.05) is 51.9 Å². The summed E-state index contributed by atoms with van der Waals surface area (Å²) in [5.74, 6) is -1.61. The number of nitrogens with one attached hydrogen (secondary N) is 1. The summed E-state index contributed by atoms with van der Waals surface area (Å²) in [6, 6.07) is 4.15. The maximum atomic E-state index is 13.7. The van der Waals surface area contributed by atoms with Crippen molar-refractivity contribution in [1.82, 2.24) is 15.1 Å². The van der Waals surface area contributed by atoms with Gasteiger partial charge in [0.25, 0.3) is 0 Å². The van der Waals surface area contributed by atoms with Gasteiger partial charge >= 0.3 is 0 Å². The van der Waals surface area contributed by atoms with Crippen molar-refractivity contribution in [3.05, 3.63) is 60.7 Å². The molecule has 126 valence electrons. The topological polar surface area (TPSA) is 18.5 Å². The van der Waals surface area contributed by atoms with Gasteiger partial charge in [0.05, 0.1) is 0 Å². The Hall–Kier alpha value is -1.56. The third-order valence-electron chi connectivity index (χ3n) is 4.14. The average Bonchev–Trinajstić information content (AvgIpc) is 2.56. The van der Waals surface area contributed by atoms with Crippen molar-refractivity contribution in [2.45, 2.75) is 6.04 Å². The molecular formula is C18H25F2N3. The van der Waals surface area contributed by atoms with E-state index in [9.17, 15) is 8.78 Å². The summed E-state index contributed by atoms with van der Waals surface area (Å²) in [6.07, 6.45) is 3.66. The molecule has 0 bridgehead atoms. The van der Waals surface area contributed by atoms with E-state index in [0.717, 1.165) is 38.3 Å². The summed E-state index contributed by atoms with van der Waals surface area (Å²) in [6.45, 7) is 13.5. The molecule has 0 aliphatic carbocycles. The molecule has 0 amide bonds. The van der Waals surface area contributed by atoms with Crippen LogP contribution < -0.4 is 5.32 Å². The molecule has 0 spiro atoms. The number of benzene rings is 1. The lowest BCUT2D eigenvalue weighted by Gasteiger charge is -2.36. The third kappa shape index (κ3) is 4.96. The van der Waals surface area contributed by atoms with E-state index in [1.165, 1.54) is 12.1 Å². The maximum Gasteiger partial charge on any atom is 0.159 e. The Labute approximate surface area is 137 Å². The van der Waals surface area contributed by atoms with E-state index < -0.39 is 11.6 Å². The Morgan fingerprint density at radius 1 is 1.13 bits per heavy atom. The minimum Gasteiger partial charge on any atom is -0.314 e. The molecule has 0 radical (unpaired) electrons. The molecule has 5 heteroatoms. The summed E-state index contributed by atoms with van der Waals surface area (Å²) in [4.78, 5) is 4.52. The van der Waals surface area contributed by atoms with Gasteiger partial charge in [0.2, 0.25) is 0 Å². The average molecular weight is 321 g/mol. The summed E-state index contributed by atoms with van der Waals surface area (Å²) in [7, 11) is 0. The third-order valence-corrected chi connectivity index (χ3v) is 4.14. The first-order valence-corrected chi connectivity index (χ1v) is 7.99. The highest BCUT2D eigenvalue weighted by atomic mass is 19.2. The van der Waals surface area contributed by atoms with Crippen LogP contribution in [0.5, 0.6) is 0 Å². The van der Waals surface area contributed by atoms with Crippen LogP contribution in [0.4, 0.5) is 8.78 Å². The molecule has 1 aromatic carbocycles. The molecule has 23 heavy (non-hydrogen) atoms. The molecule has 1 saturated heterocycles. The highest BCUT2D eigenvalue weighted by Crippen LogP contribution is 2.24. The van der Waals surface area contributed by atoms with Crippen molar-refractivity contribution < 1.29 is 8.78 Å². The maximum absolute atomic E-state index is 13.7. The Kier molecular flexibility index (Phi) is 6.89. The van der Waals surface area contributed by atoms with Crippen molar-refractivity contribution in [1.29, 1.82) is 0 Å². The second-order valence-electron chi connectivity index (χ2n) is 5.77. The molecule has 1 unspecified atom stereocenters. The molecule has 1 aromatic rings. The highest BCUT2D eigenvalue weighted by Gasteiger charge is 2.23. The van der Waals surface area contributed by atoms with Crippen molar-refractivity contribution in [2.24, 2.45) is 0 Å². The Balaban J connectivity index is 2.25. The SMILES string of the molecule is C=CCN(CC=C)C(CN1CCNCC1)c1ccc(F)c(F)c1. The minimum absolute atomic E-state index is 0.0285. The lowest BCUT2D eigenvalue weighted by atomic mass is 10.0. The van der Waals surface area contributed by atoms with Crippen LogP contribution in [-0.4, -0.2) is 55.6 Å². The van der Waals surface area contributed by atoms with Gasteiger partial charge in [-0.3, -0.25) is 9.80 Å². The first-order valence-electron chi connectivity index (χ1n) is 7.99. The van der Waals surface area contributed by atoms with Crippen LogP contribution in [0.1, 0.15) is 11.6 Å². The van der Waals surface area contributed by atoms with Crippen molar-refractivity contribution in [3.63, 3.8) is 0 Å². The van der Waals surface area contributed by atoms with E-state index in [-0.39, 0.29) is 6.04 Å². The molecule has 0 saturated carbocycles. The number of hydrogen-bond acceptors (Lipinski definition) is 3. The van der Waals surface area contributed by atoms with E-state index in [4.69, 9.17) is 0 Å². The van der Waals surface area contributed by atoms with Gasteiger partial charge in [-0.15, -0.1) is 13.2 Å². The zero-order valence-electron chi connectivity index (χ0n) is 13.5. The van der Waals surface area contributed by atoms with E-state index in [1.807, 2.05) is 12.2 Å². The van der Waals surface area contributed by atoms with E-state index in [0.29, 0.717) is 13.1 Å². The monoisotopic (exact) mass is 321 g/mol. The molecular weight excluding hydrogens is 296 g/mol. The lowest BCUT2D eigenvalue weighted by molar-refractivity contribution is 0.148. The van der Waals surface area contributed by atoms with Gasteiger partial charge in [-0.05, 0) is 17.7 Å². The predicted octanol–water partition coefficient (Wildman–Crippen LogP) is 2.59. The Bertz CT molecular complexity index is 517. The van der Waals surface area contributed by atoms with Crippen LogP contribution in [0.15, 0.2) is 43.5 Å². The number of halogens is 2. The van der Waals surface area contributed by atoms with Crippen LogP contribution in [0.2, 0.25) is 0 Å². The van der Waals surface area contributed by atoms with Crippen LogP contribution in [0.25, 0.3) is 0 Å². The number of rotatable bonds is 8. The van der Waals surface area contributed by atoms with Crippen LogP contribution in [0.3, 0.4) is 0 Å². The zero-order valence-corrected chi connectivity index (χ0v) is 13.5. The number of piperazine rings is 1. The molecule has 3 nitrogen and oxygen atoms in total. The quantitative estimate of drug-likeness (QED) is 0.743. The van der Waals surface area contributed by atoms with Gasteiger partial charge in [0.15, 0.2) is 11.6 Å². The second kappa shape index (κ2) is 8.91. The first kappa shape index (κ1) is 17.8. The molecule has 0 aromatic heterocycles. The smallest absolute Gasteiger partial charge is 0.159 e. The fraction of sp³-hybridized carbons (Fsp3) is 0.444.